The van der Waals surface area contributed by atoms with Gasteiger partial charge in [-0.2, -0.15) is 0 Å². The molecule has 1 aromatic rings. The van der Waals surface area contributed by atoms with E-state index in [0.29, 0.717) is 47.6 Å². The second-order valence-electron chi connectivity index (χ2n) is 13.3. The highest BCUT2D eigenvalue weighted by Gasteiger charge is 2.68. The van der Waals surface area contributed by atoms with Crippen LogP contribution in [0.15, 0.2) is 6.07 Å². The van der Waals surface area contributed by atoms with Gasteiger partial charge in [-0.1, -0.05) is 41.5 Å². The van der Waals surface area contributed by atoms with Crippen LogP contribution in [0.3, 0.4) is 0 Å². The molecule has 208 valence electrons. The van der Waals surface area contributed by atoms with Crippen molar-refractivity contribution in [2.24, 2.45) is 28.6 Å². The molecule has 0 saturated heterocycles. The van der Waals surface area contributed by atoms with Crippen LogP contribution < -0.4 is 4.74 Å². The summed E-state index contributed by atoms with van der Waals surface area (Å²) in [5.41, 5.74) is 0.507. The summed E-state index contributed by atoms with van der Waals surface area (Å²) in [4.78, 5) is 38.9. The number of carboxylic acid groups (broad SMARTS) is 1. The van der Waals surface area contributed by atoms with E-state index in [0.717, 1.165) is 12.8 Å². The largest absolute Gasteiger partial charge is 0.508 e. The first-order valence-corrected chi connectivity index (χ1v) is 13.9. The number of esters is 1. The van der Waals surface area contributed by atoms with Gasteiger partial charge in [0.15, 0.2) is 0 Å². The minimum Gasteiger partial charge on any atom is -0.508 e. The maximum absolute atomic E-state index is 13.5. The lowest BCUT2D eigenvalue weighted by Gasteiger charge is -2.67. The summed E-state index contributed by atoms with van der Waals surface area (Å²) in [6.45, 7) is 14.0. The van der Waals surface area contributed by atoms with E-state index in [2.05, 4.69) is 27.7 Å². The van der Waals surface area contributed by atoms with Crippen LogP contribution in [-0.2, 0) is 27.3 Å². The Morgan fingerprint density at radius 2 is 1.84 bits per heavy atom. The zero-order valence-corrected chi connectivity index (χ0v) is 23.6. The van der Waals surface area contributed by atoms with Gasteiger partial charge in [-0.25, -0.2) is 4.79 Å². The number of fused-ring (bicyclic) bond motifs is 3. The summed E-state index contributed by atoms with van der Waals surface area (Å²) in [5, 5.41) is 21.1. The van der Waals surface area contributed by atoms with Crippen molar-refractivity contribution in [1.29, 1.82) is 0 Å². The van der Waals surface area contributed by atoms with Crippen molar-refractivity contribution in [1.82, 2.24) is 4.90 Å². The van der Waals surface area contributed by atoms with E-state index in [1.165, 1.54) is 17.9 Å². The van der Waals surface area contributed by atoms with Crippen LogP contribution in [0.2, 0.25) is 0 Å². The number of amides is 1. The number of phenolic OH excluding ortho intramolecular Hbond substituents is 1. The van der Waals surface area contributed by atoms with Crippen molar-refractivity contribution in [3.8, 4) is 11.5 Å². The summed E-state index contributed by atoms with van der Waals surface area (Å²) >= 11 is 0. The lowest BCUT2D eigenvalue weighted by molar-refractivity contribution is -0.238. The van der Waals surface area contributed by atoms with Crippen molar-refractivity contribution in [3.05, 3.63) is 22.8 Å². The molecule has 2 aliphatic heterocycles. The highest BCUT2D eigenvalue weighted by atomic mass is 16.5. The van der Waals surface area contributed by atoms with E-state index in [-0.39, 0.29) is 52.9 Å². The van der Waals surface area contributed by atoms with Gasteiger partial charge in [0.2, 0.25) is 0 Å². The second kappa shape index (κ2) is 8.62. The average Bonchev–Trinajstić information content (AvgIpc) is 3.11. The minimum absolute atomic E-state index is 0.0311. The summed E-state index contributed by atoms with van der Waals surface area (Å²) in [6, 6.07) is 0.535. The summed E-state index contributed by atoms with van der Waals surface area (Å²) in [6.07, 6.45) is 3.69. The smallest absolute Gasteiger partial charge is 0.326 e. The molecule has 8 nitrogen and oxygen atoms in total. The highest BCUT2D eigenvalue weighted by molar-refractivity contribution is 6.02. The first-order valence-electron chi connectivity index (χ1n) is 13.9. The number of nitrogens with zero attached hydrogens (tertiary/aromatic N) is 1. The first-order chi connectivity index (χ1) is 17.7. The van der Waals surface area contributed by atoms with Crippen molar-refractivity contribution in [3.63, 3.8) is 0 Å². The molecular formula is C30H41NO7. The maximum atomic E-state index is 13.5. The SMILES string of the molecule is CC(=O)OC1CCC23Oc4c(c(O)cc5c4CN(C(C(=O)O)C(C)C)C5=O)CC2(C)C(C)CCC3C1(C)C. The van der Waals surface area contributed by atoms with Crippen LogP contribution in [0.1, 0.15) is 95.6 Å². The number of benzene rings is 1. The van der Waals surface area contributed by atoms with Crippen molar-refractivity contribution in [2.45, 2.75) is 105 Å². The normalized spacial score (nSPS) is 33.9. The molecular weight excluding hydrogens is 486 g/mol. The van der Waals surface area contributed by atoms with Gasteiger partial charge >= 0.3 is 11.9 Å². The number of aromatic hydroxyl groups is 1. The molecule has 38 heavy (non-hydrogen) atoms. The number of carbonyl (C=O) groups excluding carboxylic acids is 2. The number of phenols is 1. The van der Waals surface area contributed by atoms with Crippen molar-refractivity contribution < 1.29 is 34.1 Å². The molecule has 2 heterocycles. The molecule has 2 aliphatic carbocycles. The standard InChI is InChI=1S/C30H41NO7/c1-15(2)24(27(35)36)31-14-20-18(26(31)34)12-21(33)19-13-29(7)16(3)8-9-22-28(5,6)23(37-17(4)32)10-11-30(22,29)38-25(19)20/h12,15-16,22-24,33H,8-11,13-14H2,1-7H3,(H,35,36). The number of hydrogen-bond donors (Lipinski definition) is 2. The quantitative estimate of drug-likeness (QED) is 0.534. The fourth-order valence-corrected chi connectivity index (χ4v) is 8.45. The third-order valence-corrected chi connectivity index (χ3v) is 10.7. The molecule has 4 aliphatic rings. The Hall–Kier alpha value is -2.77. The highest BCUT2D eigenvalue weighted by Crippen LogP contribution is 2.67. The van der Waals surface area contributed by atoms with Gasteiger partial charge < -0.3 is 24.6 Å². The third-order valence-electron chi connectivity index (χ3n) is 10.7. The Labute approximate surface area is 224 Å². The van der Waals surface area contributed by atoms with Crippen LogP contribution >= 0.6 is 0 Å². The summed E-state index contributed by atoms with van der Waals surface area (Å²) in [7, 11) is 0. The first kappa shape index (κ1) is 26.8. The van der Waals surface area contributed by atoms with Crippen LogP contribution in [0.25, 0.3) is 0 Å². The molecule has 2 fully saturated rings. The second-order valence-corrected chi connectivity index (χ2v) is 13.3. The Bertz CT molecular complexity index is 1210. The Morgan fingerprint density at radius 3 is 2.45 bits per heavy atom. The molecule has 0 bridgehead atoms. The monoisotopic (exact) mass is 527 g/mol. The molecule has 1 spiro atoms. The fraction of sp³-hybridized carbons (Fsp3) is 0.700. The number of carbonyl (C=O) groups is 3. The predicted octanol–water partition coefficient (Wildman–Crippen LogP) is 4.94. The molecule has 0 aromatic heterocycles. The van der Waals surface area contributed by atoms with E-state index < -0.39 is 17.6 Å². The maximum Gasteiger partial charge on any atom is 0.326 e. The number of aliphatic carboxylic acids is 1. The molecule has 1 aromatic carbocycles. The van der Waals surface area contributed by atoms with Crippen LogP contribution in [0.4, 0.5) is 0 Å². The van der Waals surface area contributed by atoms with Crippen molar-refractivity contribution in [2.75, 3.05) is 0 Å². The lowest BCUT2D eigenvalue weighted by Crippen LogP contribution is -2.70. The van der Waals surface area contributed by atoms with Gasteiger partial charge in [0, 0.05) is 34.8 Å². The van der Waals surface area contributed by atoms with Crippen molar-refractivity contribution >= 4 is 17.8 Å². The molecule has 8 heteroatoms. The molecule has 6 unspecified atom stereocenters. The van der Waals surface area contributed by atoms with Gasteiger partial charge in [0.25, 0.3) is 5.91 Å². The van der Waals surface area contributed by atoms with E-state index in [1.54, 1.807) is 13.8 Å². The number of carboxylic acids is 1. The number of ether oxygens (including phenoxy) is 2. The van der Waals surface area contributed by atoms with E-state index >= 15 is 0 Å². The van der Waals surface area contributed by atoms with E-state index in [9.17, 15) is 24.6 Å². The van der Waals surface area contributed by atoms with Crippen LogP contribution in [-0.4, -0.2) is 50.7 Å². The molecule has 6 atom stereocenters. The number of hydrogen-bond acceptors (Lipinski definition) is 6. The van der Waals surface area contributed by atoms with Gasteiger partial charge in [0.1, 0.15) is 29.2 Å². The third kappa shape index (κ3) is 3.51. The van der Waals surface area contributed by atoms with Crippen LogP contribution in [0.5, 0.6) is 11.5 Å². The Balaban J connectivity index is 1.63. The zero-order chi connectivity index (χ0) is 27.9. The van der Waals surface area contributed by atoms with Gasteiger partial charge in [0.05, 0.1) is 12.1 Å². The molecule has 5 rings (SSSR count). The Morgan fingerprint density at radius 1 is 1.16 bits per heavy atom. The fourth-order valence-electron chi connectivity index (χ4n) is 8.45. The molecule has 1 amide bonds. The summed E-state index contributed by atoms with van der Waals surface area (Å²) < 4.78 is 13.0. The lowest BCUT2D eigenvalue weighted by atomic mass is 9.43. The minimum atomic E-state index is -1.04. The van der Waals surface area contributed by atoms with E-state index in [1.807, 2.05) is 0 Å². The summed E-state index contributed by atoms with van der Waals surface area (Å²) in [5.74, 6) is -0.990. The molecule has 0 radical (unpaired) electrons. The topological polar surface area (TPSA) is 113 Å². The molecule has 2 N–H and O–H groups in total. The zero-order valence-electron chi connectivity index (χ0n) is 23.6. The Kier molecular flexibility index (Phi) is 6.08. The van der Waals surface area contributed by atoms with Crippen LogP contribution in [0, 0.1) is 28.6 Å². The van der Waals surface area contributed by atoms with Gasteiger partial charge in [-0.15, -0.1) is 0 Å². The molecule has 2 saturated carbocycles. The van der Waals surface area contributed by atoms with Gasteiger partial charge in [-0.05, 0) is 50.0 Å². The average molecular weight is 528 g/mol. The van der Waals surface area contributed by atoms with Gasteiger partial charge in [-0.3, -0.25) is 9.59 Å². The predicted molar refractivity (Wildman–Crippen MR) is 140 cm³/mol. The van der Waals surface area contributed by atoms with E-state index in [4.69, 9.17) is 9.47 Å². The number of rotatable bonds is 4.